The maximum Gasteiger partial charge on any atom is 0.308 e. The maximum atomic E-state index is 11.2. The fourth-order valence-corrected chi connectivity index (χ4v) is 3.57. The Morgan fingerprint density at radius 2 is 1.96 bits per heavy atom. The van der Waals surface area contributed by atoms with Crippen LogP contribution in [-0.4, -0.2) is 18.3 Å². The van der Waals surface area contributed by atoms with Gasteiger partial charge < -0.3 is 10.1 Å². The number of ether oxygens (including phenoxy) is 1. The average molecular weight is 325 g/mol. The van der Waals surface area contributed by atoms with Gasteiger partial charge in [0.05, 0.1) is 5.69 Å². The van der Waals surface area contributed by atoms with Crippen LogP contribution in [0, 0.1) is 0 Å². The molecule has 0 fully saturated rings. The molecule has 0 unspecified atom stereocenters. The number of fused-ring (bicyclic) bond motifs is 1. The van der Waals surface area contributed by atoms with Crippen LogP contribution in [0.25, 0.3) is 6.08 Å². The van der Waals surface area contributed by atoms with Gasteiger partial charge in [0.25, 0.3) is 0 Å². The van der Waals surface area contributed by atoms with E-state index in [4.69, 9.17) is 4.74 Å². The Bertz CT molecular complexity index is 740. The minimum atomic E-state index is -0.307. The summed E-state index contributed by atoms with van der Waals surface area (Å²) in [6.45, 7) is 2.16. The number of hydrogen-bond acceptors (Lipinski definition) is 4. The molecule has 3 rings (SSSR count). The first-order valence-electron chi connectivity index (χ1n) is 7.65. The molecule has 1 heterocycles. The minimum Gasteiger partial charge on any atom is -0.425 e. The largest absolute Gasteiger partial charge is 0.425 e. The first-order chi connectivity index (χ1) is 11.2. The van der Waals surface area contributed by atoms with E-state index in [0.29, 0.717) is 5.75 Å². The average Bonchev–Trinajstić information content (AvgIpc) is 2.75. The molecule has 1 aliphatic heterocycles. The van der Waals surface area contributed by atoms with E-state index in [0.717, 1.165) is 24.4 Å². The van der Waals surface area contributed by atoms with E-state index >= 15 is 0 Å². The van der Waals surface area contributed by atoms with Crippen molar-refractivity contribution in [3.63, 3.8) is 0 Å². The molecule has 23 heavy (non-hydrogen) atoms. The van der Waals surface area contributed by atoms with Gasteiger partial charge in [-0.25, -0.2) is 0 Å². The highest BCUT2D eigenvalue weighted by Gasteiger charge is 2.10. The highest BCUT2D eigenvalue weighted by atomic mass is 32.2. The summed E-state index contributed by atoms with van der Waals surface area (Å²) in [7, 11) is 0. The van der Waals surface area contributed by atoms with Gasteiger partial charge in [-0.15, -0.1) is 11.8 Å². The van der Waals surface area contributed by atoms with Crippen LogP contribution in [-0.2, 0) is 4.79 Å². The van der Waals surface area contributed by atoms with Crippen molar-refractivity contribution < 1.29 is 9.53 Å². The molecule has 0 aliphatic carbocycles. The number of thioether (sulfide) groups is 1. The SMILES string of the molecule is CC(=O)Oc1ccccc1NCC1=Cc2ccccc2SCC1. The van der Waals surface area contributed by atoms with Crippen LogP contribution in [0.3, 0.4) is 0 Å². The predicted octanol–water partition coefficient (Wildman–Crippen LogP) is 4.60. The van der Waals surface area contributed by atoms with Crippen LogP contribution in [0.5, 0.6) is 5.75 Å². The summed E-state index contributed by atoms with van der Waals surface area (Å²) in [5, 5.41) is 3.39. The molecule has 0 atom stereocenters. The molecule has 0 spiro atoms. The number of nitrogens with one attached hydrogen (secondary N) is 1. The molecule has 1 aliphatic rings. The third-order valence-corrected chi connectivity index (χ3v) is 4.70. The Kier molecular flexibility index (Phi) is 5.03. The first kappa shape index (κ1) is 15.7. The fraction of sp³-hybridized carbons (Fsp3) is 0.211. The van der Waals surface area contributed by atoms with Crippen molar-refractivity contribution in [2.75, 3.05) is 17.6 Å². The van der Waals surface area contributed by atoms with Gasteiger partial charge in [0.15, 0.2) is 5.75 Å². The number of anilines is 1. The minimum absolute atomic E-state index is 0.307. The van der Waals surface area contributed by atoms with Crippen molar-refractivity contribution in [2.24, 2.45) is 0 Å². The van der Waals surface area contributed by atoms with E-state index in [1.807, 2.05) is 30.0 Å². The fourth-order valence-electron chi connectivity index (χ4n) is 2.52. The summed E-state index contributed by atoms with van der Waals surface area (Å²) < 4.78 is 5.24. The molecule has 2 aromatic rings. The lowest BCUT2D eigenvalue weighted by Gasteiger charge is -2.12. The van der Waals surface area contributed by atoms with Gasteiger partial charge in [-0.2, -0.15) is 0 Å². The van der Waals surface area contributed by atoms with Crippen molar-refractivity contribution in [2.45, 2.75) is 18.2 Å². The van der Waals surface area contributed by atoms with Gasteiger partial charge >= 0.3 is 5.97 Å². The Hall–Kier alpha value is -2.20. The van der Waals surface area contributed by atoms with Gasteiger partial charge in [-0.05, 0) is 35.8 Å². The zero-order chi connectivity index (χ0) is 16.1. The van der Waals surface area contributed by atoms with Gasteiger partial charge in [0.2, 0.25) is 0 Å². The topological polar surface area (TPSA) is 38.3 Å². The standard InChI is InChI=1S/C19H19NO2S/c1-14(21)22-18-8-4-3-7-17(18)20-13-15-10-11-23-19-9-5-2-6-16(19)12-15/h2-9,12,20H,10-11,13H2,1H3. The van der Waals surface area contributed by atoms with Crippen LogP contribution in [0.1, 0.15) is 18.9 Å². The number of carbonyl (C=O) groups is 1. The molecular formula is C19H19NO2S. The lowest BCUT2D eigenvalue weighted by Crippen LogP contribution is -2.09. The highest BCUT2D eigenvalue weighted by Crippen LogP contribution is 2.31. The molecule has 118 valence electrons. The van der Waals surface area contributed by atoms with E-state index in [1.54, 1.807) is 6.07 Å². The van der Waals surface area contributed by atoms with Crippen molar-refractivity contribution in [3.8, 4) is 5.75 Å². The summed E-state index contributed by atoms with van der Waals surface area (Å²) in [6, 6.07) is 16.0. The number of hydrogen-bond donors (Lipinski definition) is 1. The van der Waals surface area contributed by atoms with Gasteiger partial charge in [0, 0.05) is 24.1 Å². The zero-order valence-corrected chi connectivity index (χ0v) is 13.9. The summed E-state index contributed by atoms with van der Waals surface area (Å²) >= 11 is 1.90. The maximum absolute atomic E-state index is 11.2. The van der Waals surface area contributed by atoms with Gasteiger partial charge in [-0.3, -0.25) is 4.79 Å². The summed E-state index contributed by atoms with van der Waals surface area (Å²) in [5.74, 6) is 1.35. The lowest BCUT2D eigenvalue weighted by molar-refractivity contribution is -0.131. The van der Waals surface area contributed by atoms with Gasteiger partial charge in [-0.1, -0.05) is 36.4 Å². The Balaban J connectivity index is 1.74. The van der Waals surface area contributed by atoms with E-state index in [1.165, 1.54) is 23.0 Å². The van der Waals surface area contributed by atoms with Crippen molar-refractivity contribution in [1.82, 2.24) is 0 Å². The van der Waals surface area contributed by atoms with Crippen LogP contribution < -0.4 is 10.1 Å². The van der Waals surface area contributed by atoms with E-state index in [2.05, 4.69) is 35.7 Å². The molecule has 4 heteroatoms. The lowest BCUT2D eigenvalue weighted by atomic mass is 10.1. The van der Waals surface area contributed by atoms with Gasteiger partial charge in [0.1, 0.15) is 0 Å². The Labute approximate surface area is 140 Å². The summed E-state index contributed by atoms with van der Waals surface area (Å²) in [4.78, 5) is 12.5. The highest BCUT2D eigenvalue weighted by molar-refractivity contribution is 7.99. The van der Waals surface area contributed by atoms with Crippen molar-refractivity contribution >= 4 is 29.5 Å². The second-order valence-electron chi connectivity index (χ2n) is 5.38. The van der Waals surface area contributed by atoms with E-state index in [-0.39, 0.29) is 5.97 Å². The zero-order valence-electron chi connectivity index (χ0n) is 13.0. The normalized spacial score (nSPS) is 13.5. The Morgan fingerprint density at radius 1 is 1.17 bits per heavy atom. The number of esters is 1. The van der Waals surface area contributed by atoms with Crippen molar-refractivity contribution in [1.29, 1.82) is 0 Å². The summed E-state index contributed by atoms with van der Waals surface area (Å²) in [6.07, 6.45) is 3.30. The number of benzene rings is 2. The van der Waals surface area contributed by atoms with Crippen LogP contribution in [0.15, 0.2) is 59.0 Å². The summed E-state index contributed by atoms with van der Waals surface area (Å²) in [5.41, 5.74) is 3.47. The molecule has 0 amide bonds. The molecule has 1 N–H and O–H groups in total. The molecule has 0 aromatic heterocycles. The molecule has 0 bridgehead atoms. The molecule has 0 radical (unpaired) electrons. The van der Waals surface area contributed by atoms with Crippen LogP contribution in [0.4, 0.5) is 5.69 Å². The first-order valence-corrected chi connectivity index (χ1v) is 8.63. The second kappa shape index (κ2) is 7.38. The van der Waals surface area contributed by atoms with Crippen molar-refractivity contribution in [3.05, 3.63) is 59.7 Å². The molecular weight excluding hydrogens is 306 g/mol. The smallest absolute Gasteiger partial charge is 0.308 e. The third kappa shape index (κ3) is 4.17. The van der Waals surface area contributed by atoms with Crippen LogP contribution >= 0.6 is 11.8 Å². The number of rotatable bonds is 4. The van der Waals surface area contributed by atoms with E-state index in [9.17, 15) is 4.79 Å². The van der Waals surface area contributed by atoms with E-state index < -0.39 is 0 Å². The monoisotopic (exact) mass is 325 g/mol. The predicted molar refractivity (Wildman–Crippen MR) is 96.0 cm³/mol. The van der Waals surface area contributed by atoms with Crippen LogP contribution in [0.2, 0.25) is 0 Å². The molecule has 0 saturated heterocycles. The number of carbonyl (C=O) groups excluding carboxylic acids is 1. The second-order valence-corrected chi connectivity index (χ2v) is 6.52. The molecule has 2 aromatic carbocycles. The Morgan fingerprint density at radius 3 is 2.83 bits per heavy atom. The third-order valence-electron chi connectivity index (χ3n) is 3.61. The number of para-hydroxylation sites is 2. The molecule has 3 nitrogen and oxygen atoms in total. The quantitative estimate of drug-likeness (QED) is 0.658. The molecule has 0 saturated carbocycles.